The van der Waals surface area contributed by atoms with Gasteiger partial charge in [-0.05, 0) is 37.0 Å². The van der Waals surface area contributed by atoms with Crippen LogP contribution in [0.4, 0.5) is 20.8 Å². The lowest BCUT2D eigenvalue weighted by Gasteiger charge is -2.34. The Morgan fingerprint density at radius 3 is 2.78 bits per heavy atom. The highest BCUT2D eigenvalue weighted by Gasteiger charge is 2.26. The minimum absolute atomic E-state index is 0.256. The number of aryl methyl sites for hydroxylation is 1. The molecule has 3 heterocycles. The number of piperazine rings is 1. The van der Waals surface area contributed by atoms with Gasteiger partial charge in [0, 0.05) is 32.2 Å². The zero-order valence-electron chi connectivity index (χ0n) is 13.3. The molecule has 4 rings (SSSR count). The summed E-state index contributed by atoms with van der Waals surface area (Å²) in [5, 5.41) is 6.67. The number of hydrogen-bond acceptors (Lipinski definition) is 5. The fourth-order valence-corrected chi connectivity index (χ4v) is 4.01. The van der Waals surface area contributed by atoms with Crippen LogP contribution in [0.15, 0.2) is 28.6 Å². The first-order chi connectivity index (χ1) is 11.1. The molecule has 0 radical (unpaired) electrons. The number of hydrogen-bond donors (Lipinski definition) is 1. The first kappa shape index (κ1) is 14.7. The molecule has 2 aliphatic rings. The molecule has 0 unspecified atom stereocenters. The van der Waals surface area contributed by atoms with Gasteiger partial charge in [-0.25, -0.2) is 9.38 Å². The Labute approximate surface area is 139 Å². The molecule has 1 fully saturated rings. The number of benzene rings is 1. The van der Waals surface area contributed by atoms with E-state index in [-0.39, 0.29) is 5.82 Å². The smallest absolute Gasteiger partial charge is 0.139 e. The van der Waals surface area contributed by atoms with Crippen molar-refractivity contribution >= 4 is 33.5 Å². The first-order valence-electron chi connectivity index (χ1n) is 7.79. The van der Waals surface area contributed by atoms with Crippen molar-refractivity contribution < 1.29 is 4.39 Å². The predicted molar refractivity (Wildman–Crippen MR) is 94.0 cm³/mol. The Bertz CT molecular complexity index is 775. The van der Waals surface area contributed by atoms with Gasteiger partial charge in [-0.2, -0.15) is 0 Å². The van der Waals surface area contributed by atoms with Gasteiger partial charge in [-0.3, -0.25) is 0 Å². The Hall–Kier alpha value is -1.92. The largest absolute Gasteiger partial charge is 0.353 e. The van der Waals surface area contributed by atoms with Gasteiger partial charge in [0.05, 0.1) is 16.9 Å². The van der Waals surface area contributed by atoms with Gasteiger partial charge in [0.25, 0.3) is 0 Å². The zero-order valence-corrected chi connectivity index (χ0v) is 14.1. The monoisotopic (exact) mass is 330 g/mol. The fourth-order valence-electron chi connectivity index (χ4n) is 3.06. The van der Waals surface area contributed by atoms with Crippen LogP contribution >= 0.6 is 11.3 Å². The molecule has 1 aromatic carbocycles. The molecule has 1 aromatic heterocycles. The fraction of sp³-hybridized carbons (Fsp3) is 0.353. The van der Waals surface area contributed by atoms with Gasteiger partial charge < -0.3 is 15.1 Å². The summed E-state index contributed by atoms with van der Waals surface area (Å²) >= 11 is 1.68. The van der Waals surface area contributed by atoms with Gasteiger partial charge in [0.2, 0.25) is 0 Å². The third-order valence-corrected chi connectivity index (χ3v) is 5.45. The van der Waals surface area contributed by atoms with Crippen molar-refractivity contribution in [3.8, 4) is 0 Å². The number of fused-ring (bicyclic) bond motifs is 2. The van der Waals surface area contributed by atoms with Gasteiger partial charge in [-0.15, -0.1) is 11.3 Å². The minimum Gasteiger partial charge on any atom is -0.353 e. The zero-order chi connectivity index (χ0) is 16.0. The standard InChI is InChI=1S/C17H19FN4S/c1-11-10-23-17-15(11)16(22-7-5-21(2)6-8-22)19-14-9-12(18)3-4-13(14)20-17/h3-4,9-10,20H,5-8H2,1-2H3. The highest BCUT2D eigenvalue weighted by Crippen LogP contribution is 2.39. The van der Waals surface area contributed by atoms with Crippen LogP contribution in [0.5, 0.6) is 0 Å². The number of likely N-dealkylation sites (N-methyl/N-ethyl adjacent to an activating group) is 1. The van der Waals surface area contributed by atoms with Crippen molar-refractivity contribution in [2.24, 2.45) is 4.99 Å². The molecule has 0 amide bonds. The Balaban J connectivity index is 1.84. The van der Waals surface area contributed by atoms with E-state index in [0.717, 1.165) is 48.3 Å². The summed E-state index contributed by atoms with van der Waals surface area (Å²) in [7, 11) is 2.14. The van der Waals surface area contributed by atoms with Crippen molar-refractivity contribution in [1.29, 1.82) is 0 Å². The molecule has 4 nitrogen and oxygen atoms in total. The minimum atomic E-state index is -0.256. The van der Waals surface area contributed by atoms with Crippen LogP contribution in [0.1, 0.15) is 11.1 Å². The van der Waals surface area contributed by atoms with E-state index in [1.807, 2.05) is 0 Å². The Morgan fingerprint density at radius 2 is 2.00 bits per heavy atom. The van der Waals surface area contributed by atoms with Crippen LogP contribution in [-0.4, -0.2) is 48.9 Å². The number of rotatable bonds is 0. The second-order valence-electron chi connectivity index (χ2n) is 6.14. The average Bonchev–Trinajstić information content (AvgIpc) is 2.80. The summed E-state index contributed by atoms with van der Waals surface area (Å²) in [6.45, 7) is 6.02. The van der Waals surface area contributed by atoms with Crippen LogP contribution in [0.2, 0.25) is 0 Å². The number of nitrogens with one attached hydrogen (secondary N) is 1. The lowest BCUT2D eigenvalue weighted by Crippen LogP contribution is -2.47. The second-order valence-corrected chi connectivity index (χ2v) is 7.01. The van der Waals surface area contributed by atoms with Crippen molar-refractivity contribution in [2.45, 2.75) is 6.92 Å². The van der Waals surface area contributed by atoms with Crippen molar-refractivity contribution in [2.75, 3.05) is 38.5 Å². The normalized spacial score (nSPS) is 17.9. The summed E-state index contributed by atoms with van der Waals surface area (Å²) in [4.78, 5) is 9.49. The summed E-state index contributed by atoms with van der Waals surface area (Å²) in [6.07, 6.45) is 0. The van der Waals surface area contributed by atoms with E-state index in [1.165, 1.54) is 17.7 Å². The molecule has 1 saturated heterocycles. The average molecular weight is 330 g/mol. The molecule has 0 atom stereocenters. The van der Waals surface area contributed by atoms with Crippen LogP contribution in [0.3, 0.4) is 0 Å². The van der Waals surface area contributed by atoms with E-state index < -0.39 is 0 Å². The summed E-state index contributed by atoms with van der Waals surface area (Å²) in [6, 6.07) is 4.74. The van der Waals surface area contributed by atoms with Gasteiger partial charge in [-0.1, -0.05) is 0 Å². The first-order valence-corrected chi connectivity index (χ1v) is 8.67. The number of halogens is 1. The number of thiophene rings is 1. The molecule has 0 spiro atoms. The molecule has 2 aliphatic heterocycles. The SMILES string of the molecule is Cc1csc2c1C(N1CCN(C)CC1)=Nc1cc(F)ccc1N2. The molecule has 120 valence electrons. The number of aliphatic imine (C=N–C) groups is 1. The van der Waals surface area contributed by atoms with Crippen molar-refractivity contribution in [3.63, 3.8) is 0 Å². The maximum atomic E-state index is 13.7. The molecular weight excluding hydrogens is 311 g/mol. The van der Waals surface area contributed by atoms with E-state index in [2.05, 4.69) is 34.5 Å². The second kappa shape index (κ2) is 5.62. The van der Waals surface area contributed by atoms with Crippen molar-refractivity contribution in [3.05, 3.63) is 40.5 Å². The van der Waals surface area contributed by atoms with E-state index >= 15 is 0 Å². The highest BCUT2D eigenvalue weighted by molar-refractivity contribution is 7.14. The Kier molecular flexibility index (Phi) is 3.58. The third-order valence-electron chi connectivity index (χ3n) is 4.44. The van der Waals surface area contributed by atoms with Gasteiger partial charge in [0.1, 0.15) is 16.7 Å². The highest BCUT2D eigenvalue weighted by atomic mass is 32.1. The summed E-state index contributed by atoms with van der Waals surface area (Å²) < 4.78 is 13.7. The number of amidine groups is 1. The van der Waals surface area contributed by atoms with Crippen LogP contribution in [-0.2, 0) is 0 Å². The number of anilines is 2. The molecule has 1 N–H and O–H groups in total. The topological polar surface area (TPSA) is 30.9 Å². The maximum absolute atomic E-state index is 13.7. The molecule has 23 heavy (non-hydrogen) atoms. The summed E-state index contributed by atoms with van der Waals surface area (Å²) in [5.41, 5.74) is 3.89. The molecule has 6 heteroatoms. The van der Waals surface area contributed by atoms with E-state index in [0.29, 0.717) is 5.69 Å². The summed E-state index contributed by atoms with van der Waals surface area (Å²) in [5.74, 6) is 0.706. The lowest BCUT2D eigenvalue weighted by atomic mass is 10.1. The van der Waals surface area contributed by atoms with Gasteiger partial charge >= 0.3 is 0 Å². The lowest BCUT2D eigenvalue weighted by molar-refractivity contribution is 0.216. The van der Waals surface area contributed by atoms with Gasteiger partial charge in [0.15, 0.2) is 0 Å². The maximum Gasteiger partial charge on any atom is 0.139 e. The van der Waals surface area contributed by atoms with Crippen LogP contribution < -0.4 is 5.32 Å². The van der Waals surface area contributed by atoms with Crippen LogP contribution in [0, 0.1) is 12.7 Å². The van der Waals surface area contributed by atoms with Crippen molar-refractivity contribution in [1.82, 2.24) is 9.80 Å². The quantitative estimate of drug-likeness (QED) is 0.801. The third kappa shape index (κ3) is 2.62. The van der Waals surface area contributed by atoms with E-state index in [4.69, 9.17) is 4.99 Å². The number of nitrogens with zero attached hydrogens (tertiary/aromatic N) is 3. The molecule has 0 saturated carbocycles. The Morgan fingerprint density at radius 1 is 1.22 bits per heavy atom. The molecule has 0 aliphatic carbocycles. The van der Waals surface area contributed by atoms with E-state index in [1.54, 1.807) is 17.4 Å². The predicted octanol–water partition coefficient (Wildman–Crippen LogP) is 3.58. The molecule has 0 bridgehead atoms. The molecule has 2 aromatic rings. The van der Waals surface area contributed by atoms with E-state index in [9.17, 15) is 4.39 Å². The molecular formula is C17H19FN4S. The van der Waals surface area contributed by atoms with Crippen LogP contribution in [0.25, 0.3) is 0 Å².